The Morgan fingerprint density at radius 2 is 1.07 bits per heavy atom. The van der Waals surface area contributed by atoms with E-state index in [1.165, 1.54) is 26.4 Å². The topological polar surface area (TPSA) is 112 Å². The molecule has 2 rings (SSSR count). The van der Waals surface area contributed by atoms with E-state index in [9.17, 15) is 19.8 Å². The maximum atomic E-state index is 12.1. The van der Waals surface area contributed by atoms with E-state index in [0.717, 1.165) is 11.1 Å². The molecule has 150 valence electrons. The SMILES string of the molecule is COc1cc(C)ccc1OC(=O)C(O)C(O)C(=O)Oc1ccc(C)cc1OC. The average molecular weight is 390 g/mol. The summed E-state index contributed by atoms with van der Waals surface area (Å²) in [7, 11) is 2.79. The van der Waals surface area contributed by atoms with Crippen LogP contribution < -0.4 is 18.9 Å². The van der Waals surface area contributed by atoms with E-state index in [-0.39, 0.29) is 23.0 Å². The van der Waals surface area contributed by atoms with Gasteiger partial charge in [0, 0.05) is 0 Å². The second-order valence-electron chi connectivity index (χ2n) is 6.04. The molecule has 2 N–H and O–H groups in total. The number of carbonyl (C=O) groups is 2. The Kier molecular flexibility index (Phi) is 6.97. The third-order valence-electron chi connectivity index (χ3n) is 3.84. The summed E-state index contributed by atoms with van der Waals surface area (Å²) in [6, 6.07) is 9.55. The third kappa shape index (κ3) is 4.99. The highest BCUT2D eigenvalue weighted by Gasteiger charge is 2.34. The number of carbonyl (C=O) groups excluding carboxylic acids is 2. The zero-order valence-electron chi connectivity index (χ0n) is 16.0. The second kappa shape index (κ2) is 9.20. The molecule has 0 aliphatic rings. The van der Waals surface area contributed by atoms with Crippen LogP contribution in [-0.4, -0.2) is 48.6 Å². The number of esters is 2. The molecule has 2 unspecified atom stereocenters. The lowest BCUT2D eigenvalue weighted by Gasteiger charge is -2.17. The van der Waals surface area contributed by atoms with Crippen molar-refractivity contribution in [2.24, 2.45) is 0 Å². The van der Waals surface area contributed by atoms with Gasteiger partial charge in [-0.25, -0.2) is 9.59 Å². The molecule has 0 heterocycles. The van der Waals surface area contributed by atoms with Gasteiger partial charge in [0.05, 0.1) is 14.2 Å². The fraction of sp³-hybridized carbons (Fsp3) is 0.300. The molecule has 2 atom stereocenters. The van der Waals surface area contributed by atoms with Crippen LogP contribution in [0.2, 0.25) is 0 Å². The molecule has 2 aromatic rings. The van der Waals surface area contributed by atoms with E-state index in [4.69, 9.17) is 18.9 Å². The predicted molar refractivity (Wildman–Crippen MR) is 98.7 cm³/mol. The van der Waals surface area contributed by atoms with Crippen molar-refractivity contribution in [1.29, 1.82) is 0 Å². The normalized spacial score (nSPS) is 12.6. The zero-order chi connectivity index (χ0) is 20.8. The highest BCUT2D eigenvalue weighted by molar-refractivity contribution is 5.87. The van der Waals surface area contributed by atoms with Gasteiger partial charge in [0.1, 0.15) is 0 Å². The molecule has 0 bridgehead atoms. The summed E-state index contributed by atoms with van der Waals surface area (Å²) in [5.41, 5.74) is 1.74. The number of hydrogen-bond acceptors (Lipinski definition) is 8. The molecule has 0 saturated carbocycles. The summed E-state index contributed by atoms with van der Waals surface area (Å²) in [5, 5.41) is 20.0. The van der Waals surface area contributed by atoms with E-state index in [2.05, 4.69) is 0 Å². The van der Waals surface area contributed by atoms with Crippen molar-refractivity contribution in [1.82, 2.24) is 0 Å². The van der Waals surface area contributed by atoms with E-state index in [0.29, 0.717) is 0 Å². The van der Waals surface area contributed by atoms with Gasteiger partial charge in [-0.05, 0) is 49.2 Å². The molecule has 0 aliphatic carbocycles. The van der Waals surface area contributed by atoms with Gasteiger partial charge in [0.15, 0.2) is 35.2 Å². The number of ether oxygens (including phenoxy) is 4. The van der Waals surface area contributed by atoms with Gasteiger partial charge in [-0.3, -0.25) is 0 Å². The van der Waals surface area contributed by atoms with E-state index >= 15 is 0 Å². The van der Waals surface area contributed by atoms with Gasteiger partial charge in [-0.15, -0.1) is 0 Å². The molecule has 8 nitrogen and oxygen atoms in total. The molecular weight excluding hydrogens is 368 g/mol. The van der Waals surface area contributed by atoms with Crippen LogP contribution in [-0.2, 0) is 9.59 Å². The second-order valence-corrected chi connectivity index (χ2v) is 6.04. The lowest BCUT2D eigenvalue weighted by molar-refractivity contribution is -0.162. The van der Waals surface area contributed by atoms with Crippen molar-refractivity contribution in [3.8, 4) is 23.0 Å². The van der Waals surface area contributed by atoms with Gasteiger partial charge in [0.2, 0.25) is 0 Å². The highest BCUT2D eigenvalue weighted by Crippen LogP contribution is 2.29. The lowest BCUT2D eigenvalue weighted by atomic mass is 10.2. The van der Waals surface area contributed by atoms with E-state index < -0.39 is 24.1 Å². The molecular formula is C20H22O8. The molecule has 0 aromatic heterocycles. The Bertz CT molecular complexity index is 790. The van der Waals surface area contributed by atoms with Gasteiger partial charge >= 0.3 is 11.9 Å². The minimum Gasteiger partial charge on any atom is -0.493 e. The number of methoxy groups -OCH3 is 2. The number of hydrogen-bond donors (Lipinski definition) is 2. The smallest absolute Gasteiger partial charge is 0.343 e. The number of aryl methyl sites for hydroxylation is 2. The lowest BCUT2D eigenvalue weighted by Crippen LogP contribution is -2.43. The Labute approximate surface area is 162 Å². The minimum atomic E-state index is -2.16. The summed E-state index contributed by atoms with van der Waals surface area (Å²) < 4.78 is 20.3. The summed E-state index contributed by atoms with van der Waals surface area (Å²) in [4.78, 5) is 24.2. The molecule has 0 fully saturated rings. The van der Waals surface area contributed by atoms with Crippen LogP contribution in [0.3, 0.4) is 0 Å². The average Bonchev–Trinajstić information content (AvgIpc) is 2.69. The Morgan fingerprint density at radius 1 is 0.714 bits per heavy atom. The van der Waals surface area contributed by atoms with Crippen LogP contribution in [0.5, 0.6) is 23.0 Å². The van der Waals surface area contributed by atoms with Crippen molar-refractivity contribution in [2.75, 3.05) is 14.2 Å². The van der Waals surface area contributed by atoms with Crippen molar-refractivity contribution < 1.29 is 38.7 Å². The molecule has 0 saturated heterocycles. The fourth-order valence-corrected chi connectivity index (χ4v) is 2.31. The van der Waals surface area contributed by atoms with Gasteiger partial charge < -0.3 is 29.2 Å². The maximum Gasteiger partial charge on any atom is 0.343 e. The Balaban J connectivity index is 2.08. The monoisotopic (exact) mass is 390 g/mol. The number of aliphatic hydroxyl groups excluding tert-OH is 2. The van der Waals surface area contributed by atoms with Crippen molar-refractivity contribution in [3.05, 3.63) is 47.5 Å². The van der Waals surface area contributed by atoms with Crippen LogP contribution in [0.25, 0.3) is 0 Å². The van der Waals surface area contributed by atoms with Gasteiger partial charge in [0.25, 0.3) is 0 Å². The van der Waals surface area contributed by atoms with Crippen molar-refractivity contribution in [2.45, 2.75) is 26.1 Å². The van der Waals surface area contributed by atoms with Crippen LogP contribution in [0.4, 0.5) is 0 Å². The van der Waals surface area contributed by atoms with E-state index in [1.807, 2.05) is 13.8 Å². The standard InChI is InChI=1S/C20H22O8/c1-11-5-7-13(15(9-11)25-3)27-19(23)17(21)18(22)20(24)28-14-8-6-12(2)10-16(14)26-4/h5-10,17-18,21-22H,1-4H3. The Morgan fingerprint density at radius 3 is 1.39 bits per heavy atom. The minimum absolute atomic E-state index is 0.0397. The highest BCUT2D eigenvalue weighted by atomic mass is 16.6. The largest absolute Gasteiger partial charge is 0.493 e. The molecule has 0 spiro atoms. The summed E-state index contributed by atoms with van der Waals surface area (Å²) in [5.74, 6) is -1.86. The summed E-state index contributed by atoms with van der Waals surface area (Å²) in [6.07, 6.45) is -4.31. The number of benzene rings is 2. The first-order valence-corrected chi connectivity index (χ1v) is 8.35. The van der Waals surface area contributed by atoms with Crippen LogP contribution in [0.1, 0.15) is 11.1 Å². The molecule has 28 heavy (non-hydrogen) atoms. The predicted octanol–water partition coefficient (Wildman–Crippen LogP) is 1.55. The van der Waals surface area contributed by atoms with Crippen LogP contribution >= 0.6 is 0 Å². The first-order chi connectivity index (χ1) is 13.3. The quantitative estimate of drug-likeness (QED) is 0.541. The summed E-state index contributed by atoms with van der Waals surface area (Å²) >= 11 is 0. The molecule has 8 heteroatoms. The third-order valence-corrected chi connectivity index (χ3v) is 3.84. The summed E-state index contributed by atoms with van der Waals surface area (Å²) in [6.45, 7) is 3.64. The number of aliphatic hydroxyl groups is 2. The number of rotatable bonds is 7. The molecule has 2 aromatic carbocycles. The molecule has 0 aliphatic heterocycles. The van der Waals surface area contributed by atoms with Gasteiger partial charge in [-0.1, -0.05) is 12.1 Å². The van der Waals surface area contributed by atoms with Crippen LogP contribution in [0, 0.1) is 13.8 Å². The van der Waals surface area contributed by atoms with Gasteiger partial charge in [-0.2, -0.15) is 0 Å². The maximum absolute atomic E-state index is 12.1. The zero-order valence-corrected chi connectivity index (χ0v) is 16.0. The van der Waals surface area contributed by atoms with Crippen molar-refractivity contribution in [3.63, 3.8) is 0 Å². The molecule has 0 radical (unpaired) electrons. The first-order valence-electron chi connectivity index (χ1n) is 8.35. The van der Waals surface area contributed by atoms with Crippen LogP contribution in [0.15, 0.2) is 36.4 Å². The first kappa shape index (κ1) is 21.2. The molecule has 0 amide bonds. The fourth-order valence-electron chi connectivity index (χ4n) is 2.31. The Hall–Kier alpha value is -3.10. The van der Waals surface area contributed by atoms with Crippen molar-refractivity contribution >= 4 is 11.9 Å². The van der Waals surface area contributed by atoms with E-state index in [1.54, 1.807) is 24.3 Å².